The van der Waals surface area contributed by atoms with E-state index in [0.29, 0.717) is 6.54 Å². The van der Waals surface area contributed by atoms with E-state index in [2.05, 4.69) is 21.2 Å². The number of thiophene rings is 1. The molecule has 1 aliphatic rings. The second kappa shape index (κ2) is 5.29. The Hall–Kier alpha value is -0.390. The molecule has 2 rings (SSSR count). The molecule has 0 radical (unpaired) electrons. The lowest BCUT2D eigenvalue weighted by atomic mass is 10.2. The summed E-state index contributed by atoms with van der Waals surface area (Å²) in [6.07, 6.45) is 2.35. The predicted molar refractivity (Wildman–Crippen MR) is 68.1 cm³/mol. The summed E-state index contributed by atoms with van der Waals surface area (Å²) in [5.74, 6) is -0.00528. The molecule has 0 aromatic carbocycles. The molecule has 88 valence electrons. The van der Waals surface area contributed by atoms with Gasteiger partial charge < -0.3 is 10.1 Å². The van der Waals surface area contributed by atoms with Gasteiger partial charge in [0.1, 0.15) is 0 Å². The van der Waals surface area contributed by atoms with Gasteiger partial charge in [0.2, 0.25) is 0 Å². The van der Waals surface area contributed by atoms with E-state index in [1.54, 1.807) is 0 Å². The number of carbonyl (C=O) groups excluding carboxylic acids is 1. The first kappa shape index (κ1) is 12.1. The molecule has 1 N–H and O–H groups in total. The molecule has 1 amide bonds. The number of hydrogen-bond acceptors (Lipinski definition) is 3. The molecule has 1 unspecified atom stereocenters. The second-order valence-corrected chi connectivity index (χ2v) is 6.28. The van der Waals surface area contributed by atoms with Crippen molar-refractivity contribution in [1.29, 1.82) is 0 Å². The number of amides is 1. The number of aryl methyl sites for hydroxylation is 1. The van der Waals surface area contributed by atoms with E-state index in [9.17, 15) is 4.79 Å². The summed E-state index contributed by atoms with van der Waals surface area (Å²) < 4.78 is 6.47. The third-order valence-corrected chi connectivity index (χ3v) is 4.73. The molecule has 5 heteroatoms. The van der Waals surface area contributed by atoms with Crippen molar-refractivity contribution in [2.45, 2.75) is 25.9 Å². The van der Waals surface area contributed by atoms with Crippen molar-refractivity contribution in [2.24, 2.45) is 0 Å². The van der Waals surface area contributed by atoms with Gasteiger partial charge in [0.15, 0.2) is 0 Å². The van der Waals surface area contributed by atoms with Crippen LogP contribution in [-0.4, -0.2) is 25.2 Å². The summed E-state index contributed by atoms with van der Waals surface area (Å²) in [7, 11) is 0. The second-order valence-electron chi connectivity index (χ2n) is 3.91. The minimum Gasteiger partial charge on any atom is -0.376 e. The molecule has 1 saturated heterocycles. The average Bonchev–Trinajstić information content (AvgIpc) is 2.86. The normalized spacial score (nSPS) is 20.0. The monoisotopic (exact) mass is 303 g/mol. The SMILES string of the molecule is Cc1cc(C(=O)NCC2CCCO2)sc1Br. The van der Waals surface area contributed by atoms with Crippen LogP contribution < -0.4 is 5.32 Å². The van der Waals surface area contributed by atoms with Gasteiger partial charge in [0.25, 0.3) is 5.91 Å². The Labute approximate surface area is 107 Å². The summed E-state index contributed by atoms with van der Waals surface area (Å²) in [5.41, 5.74) is 1.10. The van der Waals surface area contributed by atoms with Gasteiger partial charge >= 0.3 is 0 Å². The van der Waals surface area contributed by atoms with E-state index in [1.165, 1.54) is 11.3 Å². The van der Waals surface area contributed by atoms with Crippen molar-refractivity contribution in [3.8, 4) is 0 Å². The molecule has 1 aliphatic heterocycles. The van der Waals surface area contributed by atoms with Crippen LogP contribution in [0.2, 0.25) is 0 Å². The van der Waals surface area contributed by atoms with Crippen LogP contribution in [0.3, 0.4) is 0 Å². The molecule has 0 saturated carbocycles. The number of nitrogens with one attached hydrogen (secondary N) is 1. The first-order valence-corrected chi connectivity index (χ1v) is 6.93. The number of halogens is 1. The Morgan fingerprint density at radius 1 is 1.75 bits per heavy atom. The van der Waals surface area contributed by atoms with Crippen LogP contribution in [0.1, 0.15) is 28.1 Å². The topological polar surface area (TPSA) is 38.3 Å². The van der Waals surface area contributed by atoms with Crippen molar-refractivity contribution in [1.82, 2.24) is 5.32 Å². The highest BCUT2D eigenvalue weighted by Gasteiger charge is 2.17. The molecule has 1 atom stereocenters. The van der Waals surface area contributed by atoms with E-state index in [-0.39, 0.29) is 12.0 Å². The summed E-state index contributed by atoms with van der Waals surface area (Å²) in [6.45, 7) is 3.43. The van der Waals surface area contributed by atoms with Gasteiger partial charge in [-0.15, -0.1) is 11.3 Å². The fraction of sp³-hybridized carbons (Fsp3) is 0.545. The highest BCUT2D eigenvalue weighted by Crippen LogP contribution is 2.27. The van der Waals surface area contributed by atoms with Crippen molar-refractivity contribution in [3.63, 3.8) is 0 Å². The molecule has 3 nitrogen and oxygen atoms in total. The summed E-state index contributed by atoms with van der Waals surface area (Å²) in [6, 6.07) is 1.90. The van der Waals surface area contributed by atoms with Crippen molar-refractivity contribution in [3.05, 3.63) is 20.3 Å². The predicted octanol–water partition coefficient (Wildman–Crippen LogP) is 2.73. The highest BCUT2D eigenvalue weighted by atomic mass is 79.9. The highest BCUT2D eigenvalue weighted by molar-refractivity contribution is 9.11. The van der Waals surface area contributed by atoms with Gasteiger partial charge in [-0.05, 0) is 47.3 Å². The molecule has 1 aromatic rings. The lowest BCUT2D eigenvalue weighted by Gasteiger charge is -2.09. The minimum atomic E-state index is -0.00528. The van der Waals surface area contributed by atoms with Crippen LogP contribution in [0.25, 0.3) is 0 Å². The Bertz CT molecular complexity index is 366. The zero-order chi connectivity index (χ0) is 11.5. The van der Waals surface area contributed by atoms with E-state index in [0.717, 1.165) is 33.7 Å². The molecule has 0 aliphatic carbocycles. The van der Waals surface area contributed by atoms with Crippen LogP contribution in [0, 0.1) is 6.92 Å². The molecule has 0 spiro atoms. The average molecular weight is 304 g/mol. The summed E-state index contributed by atoms with van der Waals surface area (Å²) >= 11 is 4.88. The number of carbonyl (C=O) groups is 1. The van der Waals surface area contributed by atoms with Crippen molar-refractivity contribution < 1.29 is 9.53 Å². The maximum atomic E-state index is 11.8. The van der Waals surface area contributed by atoms with Gasteiger partial charge in [0, 0.05) is 13.2 Å². The van der Waals surface area contributed by atoms with Crippen molar-refractivity contribution >= 4 is 33.2 Å². The molecule has 1 fully saturated rings. The smallest absolute Gasteiger partial charge is 0.261 e. The third kappa shape index (κ3) is 2.84. The Kier molecular flexibility index (Phi) is 4.00. The van der Waals surface area contributed by atoms with Crippen LogP contribution in [0.5, 0.6) is 0 Å². The zero-order valence-corrected chi connectivity index (χ0v) is 11.5. The van der Waals surface area contributed by atoms with Crippen LogP contribution in [-0.2, 0) is 4.74 Å². The van der Waals surface area contributed by atoms with E-state index in [1.807, 2.05) is 13.0 Å². The van der Waals surface area contributed by atoms with Gasteiger partial charge in [-0.1, -0.05) is 0 Å². The minimum absolute atomic E-state index is 0.00528. The van der Waals surface area contributed by atoms with Crippen LogP contribution in [0.15, 0.2) is 9.85 Å². The third-order valence-electron chi connectivity index (χ3n) is 2.60. The lowest BCUT2D eigenvalue weighted by Crippen LogP contribution is -2.31. The van der Waals surface area contributed by atoms with Crippen LogP contribution in [0.4, 0.5) is 0 Å². The fourth-order valence-electron chi connectivity index (χ4n) is 1.67. The van der Waals surface area contributed by atoms with Gasteiger partial charge in [-0.3, -0.25) is 4.79 Å². The van der Waals surface area contributed by atoms with Gasteiger partial charge in [-0.25, -0.2) is 0 Å². The largest absolute Gasteiger partial charge is 0.376 e. The maximum absolute atomic E-state index is 11.8. The number of hydrogen-bond donors (Lipinski definition) is 1. The molecule has 2 heterocycles. The molecule has 1 aromatic heterocycles. The Morgan fingerprint density at radius 3 is 3.12 bits per heavy atom. The Balaban J connectivity index is 1.87. The zero-order valence-electron chi connectivity index (χ0n) is 9.09. The summed E-state index contributed by atoms with van der Waals surface area (Å²) in [5, 5.41) is 2.91. The maximum Gasteiger partial charge on any atom is 0.261 e. The molecule has 0 bridgehead atoms. The number of ether oxygens (including phenoxy) is 1. The van der Waals surface area contributed by atoms with Crippen LogP contribution >= 0.6 is 27.3 Å². The lowest BCUT2D eigenvalue weighted by molar-refractivity contribution is 0.0861. The first-order chi connectivity index (χ1) is 7.66. The fourth-order valence-corrected chi connectivity index (χ4v) is 3.12. The van der Waals surface area contributed by atoms with E-state index in [4.69, 9.17) is 4.74 Å². The molecule has 16 heavy (non-hydrogen) atoms. The van der Waals surface area contributed by atoms with Crippen molar-refractivity contribution in [2.75, 3.05) is 13.2 Å². The summed E-state index contributed by atoms with van der Waals surface area (Å²) in [4.78, 5) is 12.5. The van der Waals surface area contributed by atoms with E-state index < -0.39 is 0 Å². The van der Waals surface area contributed by atoms with Gasteiger partial charge in [0.05, 0.1) is 14.8 Å². The van der Waals surface area contributed by atoms with Gasteiger partial charge in [-0.2, -0.15) is 0 Å². The molecular weight excluding hydrogens is 290 g/mol. The first-order valence-electron chi connectivity index (χ1n) is 5.32. The quantitative estimate of drug-likeness (QED) is 0.932. The Morgan fingerprint density at radius 2 is 2.56 bits per heavy atom. The standard InChI is InChI=1S/C11H14BrNO2S/c1-7-5-9(16-10(7)12)11(14)13-6-8-3-2-4-15-8/h5,8H,2-4,6H2,1H3,(H,13,14). The van der Waals surface area contributed by atoms with E-state index >= 15 is 0 Å². The molecular formula is C11H14BrNO2S. The number of rotatable bonds is 3.